The predicted octanol–water partition coefficient (Wildman–Crippen LogP) is 3.59. The van der Waals surface area contributed by atoms with Crippen molar-refractivity contribution in [3.8, 4) is 0 Å². The van der Waals surface area contributed by atoms with E-state index in [2.05, 4.69) is 17.4 Å². The van der Waals surface area contributed by atoms with Crippen molar-refractivity contribution in [2.24, 2.45) is 10.9 Å². The summed E-state index contributed by atoms with van der Waals surface area (Å²) < 4.78 is 0. The Kier molecular flexibility index (Phi) is 8.31. The first-order chi connectivity index (χ1) is 19.4. The summed E-state index contributed by atoms with van der Waals surface area (Å²) >= 11 is 0. The summed E-state index contributed by atoms with van der Waals surface area (Å²) in [7, 11) is 0. The topological polar surface area (TPSA) is 200 Å². The summed E-state index contributed by atoms with van der Waals surface area (Å²) in [6.07, 6.45) is 3.40. The van der Waals surface area contributed by atoms with Gasteiger partial charge >= 0.3 is 0 Å². The van der Waals surface area contributed by atoms with Gasteiger partial charge in [0.2, 0.25) is 11.8 Å². The van der Waals surface area contributed by atoms with Crippen molar-refractivity contribution >= 4 is 40.5 Å². The first-order valence-electron chi connectivity index (χ1n) is 13.1. The van der Waals surface area contributed by atoms with Crippen molar-refractivity contribution in [2.75, 3.05) is 11.9 Å². The van der Waals surface area contributed by atoms with Crippen molar-refractivity contribution in [3.05, 3.63) is 73.3 Å². The standard InChI is InChI=1S/C27H30N6O8/c1-3-4-5-9-24(34)29-18-8-6-7-17(10-18)21-13-27(41-30-21)14-23(25(28)35)31(15-27)26(36)20-11-19(32(37)38)12-22(16(20)2)33(39)40/h6-8,10-12,23H,3-5,9,13-15H2,1-2H3,(H2,28,35)(H,29,34)/t23-,27?/m0/s1. The molecule has 0 bridgehead atoms. The Morgan fingerprint density at radius 2 is 1.93 bits per heavy atom. The Balaban J connectivity index is 1.55. The molecule has 3 amide bonds. The molecule has 14 heteroatoms. The summed E-state index contributed by atoms with van der Waals surface area (Å²) in [5.74, 6) is -1.74. The van der Waals surface area contributed by atoms with Gasteiger partial charge in [0.05, 0.1) is 33.7 Å². The number of rotatable bonds is 10. The molecule has 0 saturated carbocycles. The van der Waals surface area contributed by atoms with Crippen molar-refractivity contribution in [3.63, 3.8) is 0 Å². The molecule has 4 rings (SSSR count). The van der Waals surface area contributed by atoms with E-state index >= 15 is 0 Å². The van der Waals surface area contributed by atoms with Crippen LogP contribution in [0.3, 0.4) is 0 Å². The van der Waals surface area contributed by atoms with E-state index in [0.29, 0.717) is 23.4 Å². The van der Waals surface area contributed by atoms with Gasteiger partial charge in [-0.15, -0.1) is 0 Å². The molecule has 2 aromatic rings. The number of nitrogens with two attached hydrogens (primary N) is 1. The van der Waals surface area contributed by atoms with E-state index in [1.807, 2.05) is 0 Å². The number of carbonyl (C=O) groups is 3. The van der Waals surface area contributed by atoms with E-state index in [1.165, 1.54) is 6.92 Å². The average molecular weight is 567 g/mol. The molecule has 2 heterocycles. The number of non-ortho nitro benzene ring substituents is 1. The quantitative estimate of drug-likeness (QED) is 0.247. The molecule has 2 aliphatic heterocycles. The van der Waals surface area contributed by atoms with Crippen molar-refractivity contribution < 1.29 is 29.1 Å². The largest absolute Gasteiger partial charge is 0.387 e. The maximum Gasteiger partial charge on any atom is 0.279 e. The lowest BCUT2D eigenvalue weighted by atomic mass is 9.91. The van der Waals surface area contributed by atoms with Gasteiger partial charge in [-0.25, -0.2) is 0 Å². The van der Waals surface area contributed by atoms with Crippen LogP contribution in [-0.2, 0) is 14.4 Å². The zero-order valence-electron chi connectivity index (χ0n) is 22.6. The van der Waals surface area contributed by atoms with Crippen molar-refractivity contribution in [2.45, 2.75) is 64.0 Å². The Morgan fingerprint density at radius 1 is 1.17 bits per heavy atom. The normalized spacial score (nSPS) is 19.5. The Morgan fingerprint density at radius 3 is 2.59 bits per heavy atom. The summed E-state index contributed by atoms with van der Waals surface area (Å²) in [5, 5.41) is 30.0. The van der Waals surface area contributed by atoms with Crippen LogP contribution < -0.4 is 11.1 Å². The summed E-state index contributed by atoms with van der Waals surface area (Å²) in [4.78, 5) is 66.4. The van der Waals surface area contributed by atoms with Crippen LogP contribution in [0.2, 0.25) is 0 Å². The fraction of sp³-hybridized carbons (Fsp3) is 0.407. The average Bonchev–Trinajstić information content (AvgIpc) is 3.52. The number of amides is 3. The third-order valence-electron chi connectivity index (χ3n) is 7.32. The molecule has 0 aliphatic carbocycles. The van der Waals surface area contributed by atoms with Gasteiger partial charge < -0.3 is 20.8 Å². The van der Waals surface area contributed by atoms with Gasteiger partial charge in [-0.2, -0.15) is 0 Å². The predicted molar refractivity (Wildman–Crippen MR) is 147 cm³/mol. The van der Waals surface area contributed by atoms with Gasteiger partial charge in [0.1, 0.15) is 6.04 Å². The van der Waals surface area contributed by atoms with Gasteiger partial charge in [0, 0.05) is 42.1 Å². The number of benzene rings is 2. The minimum Gasteiger partial charge on any atom is -0.387 e. The lowest BCUT2D eigenvalue weighted by Gasteiger charge is -2.23. The number of nitro benzene ring substituents is 2. The summed E-state index contributed by atoms with van der Waals surface area (Å²) in [6.45, 7) is 3.24. The minimum absolute atomic E-state index is 0.00496. The van der Waals surface area contributed by atoms with Gasteiger partial charge in [-0.3, -0.25) is 34.6 Å². The summed E-state index contributed by atoms with van der Waals surface area (Å²) in [5.41, 5.74) is 4.74. The van der Waals surface area contributed by atoms with Crippen LogP contribution in [0.5, 0.6) is 0 Å². The third kappa shape index (κ3) is 6.15. The number of nitrogens with zero attached hydrogens (tertiary/aromatic N) is 4. The van der Waals surface area contributed by atoms with E-state index in [1.54, 1.807) is 24.3 Å². The minimum atomic E-state index is -1.14. The fourth-order valence-corrected chi connectivity index (χ4v) is 5.18. The number of anilines is 1. The number of primary amides is 1. The SMILES string of the molecule is CCCCCC(=O)Nc1cccc(C2=NOC3(C2)C[C@@H](C(N)=O)N(C(=O)c2cc([N+](=O)[O-])cc([N+](=O)[O-])c2C)C3)c1. The maximum atomic E-state index is 13.6. The molecule has 1 fully saturated rings. The van der Waals surface area contributed by atoms with E-state index in [0.717, 1.165) is 36.3 Å². The van der Waals surface area contributed by atoms with Gasteiger partial charge in [0.15, 0.2) is 5.60 Å². The van der Waals surface area contributed by atoms with E-state index in [4.69, 9.17) is 10.6 Å². The van der Waals surface area contributed by atoms with Gasteiger partial charge in [0.25, 0.3) is 17.3 Å². The smallest absolute Gasteiger partial charge is 0.279 e. The Labute approximate surface area is 234 Å². The lowest BCUT2D eigenvalue weighted by molar-refractivity contribution is -0.394. The number of nitro groups is 2. The first kappa shape index (κ1) is 29.1. The molecule has 0 radical (unpaired) electrons. The molecule has 0 aromatic heterocycles. The number of oxime groups is 1. The second kappa shape index (κ2) is 11.7. The molecule has 2 aliphatic rings. The highest BCUT2D eigenvalue weighted by molar-refractivity contribution is 6.04. The van der Waals surface area contributed by atoms with E-state index in [9.17, 15) is 34.6 Å². The Hall–Kier alpha value is -4.88. The molecule has 3 N–H and O–H groups in total. The lowest BCUT2D eigenvalue weighted by Crippen LogP contribution is -2.44. The molecule has 2 atom stereocenters. The molecule has 1 unspecified atom stereocenters. The zero-order chi connectivity index (χ0) is 29.9. The zero-order valence-corrected chi connectivity index (χ0v) is 22.6. The number of nitrogens with one attached hydrogen (secondary N) is 1. The number of hydrogen-bond donors (Lipinski definition) is 2. The molecular formula is C27H30N6O8. The van der Waals surface area contributed by atoms with Crippen molar-refractivity contribution in [1.29, 1.82) is 0 Å². The molecular weight excluding hydrogens is 536 g/mol. The molecule has 14 nitrogen and oxygen atoms in total. The highest BCUT2D eigenvalue weighted by atomic mass is 16.7. The first-order valence-corrected chi connectivity index (χ1v) is 13.1. The third-order valence-corrected chi connectivity index (χ3v) is 7.32. The van der Waals surface area contributed by atoms with Gasteiger partial charge in [-0.05, 0) is 25.5 Å². The molecule has 1 spiro atoms. The molecule has 216 valence electrons. The maximum absolute atomic E-state index is 13.6. The number of hydrogen-bond acceptors (Lipinski definition) is 9. The number of likely N-dealkylation sites (tertiary alicyclic amines) is 1. The van der Waals surface area contributed by atoms with E-state index < -0.39 is 44.7 Å². The molecule has 2 aromatic carbocycles. The van der Waals surface area contributed by atoms with Crippen LogP contribution >= 0.6 is 0 Å². The number of unbranched alkanes of at least 4 members (excludes halogenated alkanes) is 2. The number of carbonyl (C=O) groups excluding carboxylic acids is 3. The van der Waals surface area contributed by atoms with E-state index in [-0.39, 0.29) is 36.4 Å². The van der Waals surface area contributed by atoms with Crippen LogP contribution in [0.25, 0.3) is 0 Å². The van der Waals surface area contributed by atoms with Crippen LogP contribution in [0.4, 0.5) is 17.1 Å². The monoisotopic (exact) mass is 566 g/mol. The van der Waals surface area contributed by atoms with Gasteiger partial charge in [-0.1, -0.05) is 37.1 Å². The van der Waals surface area contributed by atoms with Crippen LogP contribution in [0, 0.1) is 27.2 Å². The highest BCUT2D eigenvalue weighted by Gasteiger charge is 2.53. The highest BCUT2D eigenvalue weighted by Crippen LogP contribution is 2.40. The summed E-state index contributed by atoms with van der Waals surface area (Å²) in [6, 6.07) is 7.67. The molecule has 1 saturated heterocycles. The Bertz CT molecular complexity index is 1460. The molecule has 41 heavy (non-hydrogen) atoms. The van der Waals surface area contributed by atoms with Crippen LogP contribution in [0.15, 0.2) is 41.6 Å². The second-order valence-corrected chi connectivity index (χ2v) is 10.3. The fourth-order valence-electron chi connectivity index (χ4n) is 5.18. The van der Waals surface area contributed by atoms with Crippen LogP contribution in [-0.4, -0.2) is 56.4 Å². The van der Waals surface area contributed by atoms with Crippen molar-refractivity contribution in [1.82, 2.24) is 4.90 Å². The van der Waals surface area contributed by atoms with Crippen LogP contribution in [0.1, 0.15) is 66.9 Å². The second-order valence-electron chi connectivity index (χ2n) is 10.3.